The van der Waals surface area contributed by atoms with Crippen LogP contribution < -0.4 is 21.3 Å². The zero-order valence-corrected chi connectivity index (χ0v) is 22.8. The minimum absolute atomic E-state index is 0.0559. The zero-order chi connectivity index (χ0) is 29.3. The minimum atomic E-state index is -2.96. The fourth-order valence-electron chi connectivity index (χ4n) is 5.33. The molecule has 0 spiro atoms. The van der Waals surface area contributed by atoms with E-state index in [4.69, 9.17) is 5.73 Å². The Morgan fingerprint density at radius 1 is 1.24 bits per heavy atom. The summed E-state index contributed by atoms with van der Waals surface area (Å²) in [4.78, 5) is 33.8. The molecule has 2 aliphatic rings. The van der Waals surface area contributed by atoms with Crippen molar-refractivity contribution in [1.29, 1.82) is 0 Å². The van der Waals surface area contributed by atoms with Crippen molar-refractivity contribution in [2.75, 3.05) is 26.2 Å². The summed E-state index contributed by atoms with van der Waals surface area (Å²) in [5.74, 6) is -0.304. The predicted octanol–water partition coefficient (Wildman–Crippen LogP) is 1.14. The fourth-order valence-corrected chi connectivity index (χ4v) is 5.33. The second-order valence-electron chi connectivity index (χ2n) is 10.1. The number of alkyl halides is 2. The van der Waals surface area contributed by atoms with Crippen LogP contribution in [-0.4, -0.2) is 87.6 Å². The summed E-state index contributed by atoms with van der Waals surface area (Å²) >= 11 is 0. The molecule has 1 amide bonds. The lowest BCUT2D eigenvalue weighted by Crippen LogP contribution is -2.60. The van der Waals surface area contributed by atoms with E-state index in [2.05, 4.69) is 19.9 Å². The normalized spacial score (nSPS) is 20.3. The molecule has 2 aliphatic heterocycles. The van der Waals surface area contributed by atoms with Crippen molar-refractivity contribution in [3.63, 3.8) is 0 Å². The van der Waals surface area contributed by atoms with Crippen LogP contribution in [-0.2, 0) is 18.4 Å². The average molecular weight is 570 g/mol. The number of hydrogen-bond acceptors (Lipinski definition) is 8. The number of hydrogen-bond donors (Lipinski definition) is 3. The largest absolute Gasteiger partial charge is 0.434 e. The van der Waals surface area contributed by atoms with E-state index in [1.165, 1.54) is 10.7 Å². The first kappa shape index (κ1) is 28.5. The van der Waals surface area contributed by atoms with Gasteiger partial charge >= 0.3 is 6.61 Å². The van der Waals surface area contributed by atoms with E-state index in [1.807, 2.05) is 25.3 Å². The highest BCUT2D eigenvalue weighted by Gasteiger charge is 2.33. The van der Waals surface area contributed by atoms with Gasteiger partial charge in [-0.15, -0.1) is 0 Å². The maximum atomic E-state index is 13.0. The number of piperazine rings is 1. The standard InChI is InChI=1S/C28H33F2N7O4/c1-17-15-35(9-10-36(17)26(40)23(38)12-31)28-32-13-20(14-33-28)18-7-8-21-22(11-18)37(34(2)25(21)39)16-19-5-3-4-6-24(19)41-27(29)30/h3-8,11,13-14,17,23,27-28,32,38H,9-10,12,15-16,31H2,1-2H3/t17-,23?,28?/m1/s1. The Hall–Kier alpha value is -4.07. The molecule has 2 unspecified atom stereocenters. The van der Waals surface area contributed by atoms with E-state index < -0.39 is 12.7 Å². The molecule has 13 heteroatoms. The average Bonchev–Trinajstić information content (AvgIpc) is 3.21. The molecule has 5 rings (SSSR count). The molecule has 0 bridgehead atoms. The predicted molar refractivity (Wildman–Crippen MR) is 151 cm³/mol. The third kappa shape index (κ3) is 5.73. The van der Waals surface area contributed by atoms with Crippen molar-refractivity contribution in [1.82, 2.24) is 24.5 Å². The number of nitrogens with one attached hydrogen (secondary N) is 1. The number of ether oxygens (including phenoxy) is 1. The van der Waals surface area contributed by atoms with E-state index in [0.29, 0.717) is 36.1 Å². The van der Waals surface area contributed by atoms with E-state index >= 15 is 0 Å². The number of carbonyl (C=O) groups is 1. The second kappa shape index (κ2) is 11.8. The Kier molecular flexibility index (Phi) is 8.20. The van der Waals surface area contributed by atoms with Gasteiger partial charge in [0.2, 0.25) is 0 Å². The van der Waals surface area contributed by atoms with Crippen LogP contribution >= 0.6 is 0 Å². The van der Waals surface area contributed by atoms with Gasteiger partial charge in [0, 0.05) is 62.8 Å². The number of allylic oxidation sites excluding steroid dienone is 1. The number of aromatic nitrogens is 2. The highest BCUT2D eigenvalue weighted by molar-refractivity contribution is 6.11. The summed E-state index contributed by atoms with van der Waals surface area (Å²) in [5, 5.41) is 13.7. The molecule has 4 N–H and O–H groups in total. The third-order valence-electron chi connectivity index (χ3n) is 7.54. The van der Waals surface area contributed by atoms with Crippen LogP contribution in [0.15, 0.2) is 58.5 Å². The lowest BCUT2D eigenvalue weighted by molar-refractivity contribution is -0.144. The lowest BCUT2D eigenvalue weighted by atomic mass is 10.1. The molecule has 1 fully saturated rings. The van der Waals surface area contributed by atoms with E-state index in [-0.39, 0.29) is 42.6 Å². The number of para-hydroxylation sites is 1. The van der Waals surface area contributed by atoms with Crippen molar-refractivity contribution in [3.8, 4) is 5.75 Å². The molecule has 3 heterocycles. The first-order valence-electron chi connectivity index (χ1n) is 13.3. The number of aliphatic hydroxyl groups excluding tert-OH is 1. The Labute approximate surface area is 235 Å². The lowest BCUT2D eigenvalue weighted by Gasteiger charge is -2.43. The SMILES string of the molecule is C[C@@H]1CN(C2N=CC(c3ccc4c(=O)n(C)n(Cc5ccccc5OC(F)F)c4c3)=CN2)CCN1C(=O)C(O)CN. The van der Waals surface area contributed by atoms with Crippen LogP contribution in [0.1, 0.15) is 18.1 Å². The van der Waals surface area contributed by atoms with Crippen LogP contribution in [0.2, 0.25) is 0 Å². The summed E-state index contributed by atoms with van der Waals surface area (Å²) in [6.45, 7) is 0.608. The summed E-state index contributed by atoms with van der Waals surface area (Å²) < 4.78 is 33.8. The molecule has 1 aromatic heterocycles. The molecule has 1 saturated heterocycles. The highest BCUT2D eigenvalue weighted by Crippen LogP contribution is 2.25. The zero-order valence-electron chi connectivity index (χ0n) is 22.8. The van der Waals surface area contributed by atoms with Gasteiger partial charge in [0.15, 0.2) is 6.29 Å². The number of halogens is 2. The number of fused-ring (bicyclic) bond motifs is 1. The van der Waals surface area contributed by atoms with Crippen LogP contribution in [0, 0.1) is 0 Å². The molecule has 2 aromatic carbocycles. The van der Waals surface area contributed by atoms with Gasteiger partial charge in [-0.1, -0.05) is 24.3 Å². The van der Waals surface area contributed by atoms with Crippen molar-refractivity contribution in [3.05, 3.63) is 70.1 Å². The van der Waals surface area contributed by atoms with Crippen molar-refractivity contribution in [2.45, 2.75) is 38.5 Å². The van der Waals surface area contributed by atoms with Crippen molar-refractivity contribution >= 4 is 28.6 Å². The Morgan fingerprint density at radius 2 is 2.02 bits per heavy atom. The first-order valence-corrected chi connectivity index (χ1v) is 13.3. The quantitative estimate of drug-likeness (QED) is 0.371. The molecule has 0 saturated carbocycles. The topological polar surface area (TPSA) is 130 Å². The minimum Gasteiger partial charge on any atom is -0.434 e. The number of aliphatic hydroxyl groups is 1. The van der Waals surface area contributed by atoms with Gasteiger partial charge in [-0.05, 0) is 30.7 Å². The molecule has 0 aliphatic carbocycles. The van der Waals surface area contributed by atoms with Crippen LogP contribution in [0.3, 0.4) is 0 Å². The number of aliphatic imine (C=N–C) groups is 1. The fraction of sp³-hybridized carbons (Fsp3) is 0.393. The number of carbonyl (C=O) groups excluding carboxylic acids is 1. The molecule has 41 heavy (non-hydrogen) atoms. The van der Waals surface area contributed by atoms with E-state index in [1.54, 1.807) is 47.1 Å². The van der Waals surface area contributed by atoms with Gasteiger partial charge in [0.1, 0.15) is 11.9 Å². The Morgan fingerprint density at radius 3 is 2.71 bits per heavy atom. The number of nitrogens with two attached hydrogens (primary N) is 1. The molecular formula is C28H33F2N7O4. The Bertz CT molecular complexity index is 1550. The second-order valence-corrected chi connectivity index (χ2v) is 10.1. The molecule has 218 valence electrons. The van der Waals surface area contributed by atoms with Gasteiger partial charge < -0.3 is 25.8 Å². The summed E-state index contributed by atoms with van der Waals surface area (Å²) in [7, 11) is 1.64. The number of rotatable bonds is 8. The van der Waals surface area contributed by atoms with Gasteiger partial charge in [-0.2, -0.15) is 8.78 Å². The van der Waals surface area contributed by atoms with Gasteiger partial charge in [0.25, 0.3) is 11.5 Å². The Balaban J connectivity index is 1.33. The van der Waals surface area contributed by atoms with Crippen LogP contribution in [0.4, 0.5) is 8.78 Å². The number of benzene rings is 2. The van der Waals surface area contributed by atoms with Gasteiger partial charge in [-0.25, -0.2) is 0 Å². The first-order chi connectivity index (χ1) is 19.7. The molecule has 11 nitrogen and oxygen atoms in total. The summed E-state index contributed by atoms with van der Waals surface area (Å²) in [6, 6.07) is 11.9. The molecular weight excluding hydrogens is 536 g/mol. The third-order valence-corrected chi connectivity index (χ3v) is 7.54. The van der Waals surface area contributed by atoms with Crippen LogP contribution in [0.5, 0.6) is 5.75 Å². The van der Waals surface area contributed by atoms with Gasteiger partial charge in [0.05, 0.1) is 17.4 Å². The van der Waals surface area contributed by atoms with Crippen molar-refractivity contribution in [2.24, 2.45) is 17.8 Å². The highest BCUT2D eigenvalue weighted by atomic mass is 19.3. The summed E-state index contributed by atoms with van der Waals surface area (Å²) in [5.41, 5.74) is 8.03. The number of amides is 1. The van der Waals surface area contributed by atoms with Crippen LogP contribution in [0.25, 0.3) is 16.5 Å². The maximum absolute atomic E-state index is 13.0. The molecule has 0 radical (unpaired) electrons. The maximum Gasteiger partial charge on any atom is 0.387 e. The van der Waals surface area contributed by atoms with Crippen molar-refractivity contribution < 1.29 is 23.4 Å². The van der Waals surface area contributed by atoms with E-state index in [0.717, 1.165) is 11.1 Å². The molecule has 3 atom stereocenters. The van der Waals surface area contributed by atoms with E-state index in [9.17, 15) is 23.5 Å². The monoisotopic (exact) mass is 569 g/mol. The molecule has 3 aromatic rings. The summed E-state index contributed by atoms with van der Waals surface area (Å²) in [6.07, 6.45) is 2.11. The smallest absolute Gasteiger partial charge is 0.387 e. The number of nitrogens with zero attached hydrogens (tertiary/aromatic N) is 5. The van der Waals surface area contributed by atoms with Gasteiger partial charge in [-0.3, -0.25) is 28.8 Å².